The normalized spacial score (nSPS) is 16.6. The van der Waals surface area contributed by atoms with Gasteiger partial charge in [0.15, 0.2) is 0 Å². The van der Waals surface area contributed by atoms with Crippen LogP contribution in [0.15, 0.2) is 36.7 Å². The molecule has 0 amide bonds. The monoisotopic (exact) mass is 292 g/mol. The molecule has 4 nitrogen and oxygen atoms in total. The molecule has 0 aliphatic carbocycles. The maximum Gasteiger partial charge on any atom is 0.203 e. The molecule has 1 aliphatic heterocycles. The molecule has 6 heteroatoms. The molecule has 1 aliphatic rings. The Morgan fingerprint density at radius 3 is 2.63 bits per heavy atom. The molecule has 0 radical (unpaired) electrons. The van der Waals surface area contributed by atoms with Gasteiger partial charge in [0.25, 0.3) is 0 Å². The Bertz CT molecular complexity index is 584. The second kappa shape index (κ2) is 5.90. The Balaban J connectivity index is 1.81. The van der Waals surface area contributed by atoms with Crippen LogP contribution in [0.4, 0.5) is 0 Å². The van der Waals surface area contributed by atoms with Gasteiger partial charge in [0.1, 0.15) is 6.33 Å². The number of rotatable bonds is 3. The van der Waals surface area contributed by atoms with Crippen LogP contribution in [0.3, 0.4) is 0 Å². The number of nitrogens with zero attached hydrogens (tertiary/aromatic N) is 4. The molecule has 0 spiro atoms. The van der Waals surface area contributed by atoms with Gasteiger partial charge in [0.05, 0.1) is 6.67 Å². The third-order valence-corrected chi connectivity index (χ3v) is 4.56. The maximum atomic E-state index is 5.51. The van der Waals surface area contributed by atoms with E-state index in [4.69, 9.17) is 12.2 Å². The van der Waals surface area contributed by atoms with E-state index in [2.05, 4.69) is 10.00 Å². The minimum absolute atomic E-state index is 0.754. The topological polar surface area (TPSA) is 26.0 Å². The third kappa shape index (κ3) is 2.91. The Labute approximate surface area is 122 Å². The van der Waals surface area contributed by atoms with E-state index in [9.17, 15) is 0 Å². The number of benzene rings is 1. The highest BCUT2D eigenvalue weighted by atomic mass is 32.2. The number of hydrogen-bond acceptors (Lipinski definition) is 4. The Morgan fingerprint density at radius 2 is 1.89 bits per heavy atom. The summed E-state index contributed by atoms with van der Waals surface area (Å²) < 4.78 is 4.61. The smallest absolute Gasteiger partial charge is 0.203 e. The molecule has 1 saturated heterocycles. The molecule has 2 aromatic rings. The fourth-order valence-electron chi connectivity index (χ4n) is 2.13. The lowest BCUT2D eigenvalue weighted by Gasteiger charge is -2.25. The molecule has 0 atom stereocenters. The highest BCUT2D eigenvalue weighted by Crippen LogP contribution is 2.11. The first-order chi connectivity index (χ1) is 9.34. The van der Waals surface area contributed by atoms with Gasteiger partial charge >= 0.3 is 0 Å². The van der Waals surface area contributed by atoms with Crippen LogP contribution in [0, 0.1) is 4.77 Å². The quantitative estimate of drug-likeness (QED) is 0.812. The lowest BCUT2D eigenvalue weighted by atomic mass is 10.3. The van der Waals surface area contributed by atoms with E-state index in [0.29, 0.717) is 0 Å². The standard InChI is InChI=1S/C13H16N4S2/c18-13-16(12-4-2-1-3-5-12)10-14-17(13)11-15-6-8-19-9-7-15/h1-5,10H,6-9,11H2. The largest absolute Gasteiger partial charge is 0.283 e. The summed E-state index contributed by atoms with van der Waals surface area (Å²) in [4.78, 5) is 2.40. The number of para-hydroxylation sites is 1. The Hall–Kier alpha value is -1.11. The van der Waals surface area contributed by atoms with Crippen LogP contribution in [0.5, 0.6) is 0 Å². The lowest BCUT2D eigenvalue weighted by Crippen LogP contribution is -2.34. The van der Waals surface area contributed by atoms with E-state index in [0.717, 1.165) is 30.2 Å². The Morgan fingerprint density at radius 1 is 1.16 bits per heavy atom. The van der Waals surface area contributed by atoms with Gasteiger partial charge in [-0.3, -0.25) is 9.47 Å². The van der Waals surface area contributed by atoms with Crippen LogP contribution in [-0.4, -0.2) is 43.8 Å². The van der Waals surface area contributed by atoms with Gasteiger partial charge in [-0.2, -0.15) is 16.9 Å². The second-order valence-corrected chi connectivity index (χ2v) is 6.08. The van der Waals surface area contributed by atoms with Crippen molar-refractivity contribution in [1.29, 1.82) is 0 Å². The molecule has 19 heavy (non-hydrogen) atoms. The lowest BCUT2D eigenvalue weighted by molar-refractivity contribution is 0.226. The molecule has 3 rings (SSSR count). The first-order valence-corrected chi connectivity index (χ1v) is 7.91. The first-order valence-electron chi connectivity index (χ1n) is 6.34. The van der Waals surface area contributed by atoms with Gasteiger partial charge in [-0.05, 0) is 24.4 Å². The van der Waals surface area contributed by atoms with Crippen LogP contribution < -0.4 is 0 Å². The summed E-state index contributed by atoms with van der Waals surface area (Å²) in [5.41, 5.74) is 1.06. The van der Waals surface area contributed by atoms with Crippen LogP contribution >= 0.6 is 24.0 Å². The predicted octanol–water partition coefficient (Wildman–Crippen LogP) is 2.41. The van der Waals surface area contributed by atoms with Crippen molar-refractivity contribution in [2.24, 2.45) is 0 Å². The minimum atomic E-state index is 0.754. The molecule has 0 saturated carbocycles. The van der Waals surface area contributed by atoms with Crippen molar-refractivity contribution >= 4 is 24.0 Å². The minimum Gasteiger partial charge on any atom is -0.283 e. The van der Waals surface area contributed by atoms with Gasteiger partial charge in [-0.15, -0.1) is 0 Å². The highest BCUT2D eigenvalue weighted by Gasteiger charge is 2.12. The van der Waals surface area contributed by atoms with E-state index in [-0.39, 0.29) is 0 Å². The van der Waals surface area contributed by atoms with Gasteiger partial charge < -0.3 is 0 Å². The average molecular weight is 292 g/mol. The zero-order valence-corrected chi connectivity index (χ0v) is 12.2. The van der Waals surface area contributed by atoms with Crippen molar-refractivity contribution < 1.29 is 0 Å². The molecule has 1 aromatic heterocycles. The summed E-state index contributed by atoms with van der Waals surface area (Å²) in [6, 6.07) is 10.1. The van der Waals surface area contributed by atoms with Crippen LogP contribution in [0.2, 0.25) is 0 Å². The van der Waals surface area contributed by atoms with E-state index >= 15 is 0 Å². The number of hydrogen-bond donors (Lipinski definition) is 0. The number of aromatic nitrogens is 3. The molecule has 0 N–H and O–H groups in total. The zero-order chi connectivity index (χ0) is 13.1. The summed E-state index contributed by atoms with van der Waals surface area (Å²) in [5.74, 6) is 2.40. The van der Waals surface area contributed by atoms with Gasteiger partial charge in [-0.25, -0.2) is 4.68 Å². The molecule has 1 fully saturated rings. The molecule has 1 aromatic carbocycles. The van der Waals surface area contributed by atoms with Crippen molar-refractivity contribution in [3.63, 3.8) is 0 Å². The summed E-state index contributed by atoms with van der Waals surface area (Å²) >= 11 is 7.52. The Kier molecular flexibility index (Phi) is 4.00. The van der Waals surface area contributed by atoms with E-state index < -0.39 is 0 Å². The fraction of sp³-hybridized carbons (Fsp3) is 0.385. The molecular weight excluding hydrogens is 276 g/mol. The third-order valence-electron chi connectivity index (χ3n) is 3.21. The summed E-state index contributed by atoms with van der Waals surface area (Å²) in [6.07, 6.45) is 1.80. The molecule has 2 heterocycles. The van der Waals surface area contributed by atoms with Crippen LogP contribution in [-0.2, 0) is 6.67 Å². The fourth-order valence-corrected chi connectivity index (χ4v) is 3.37. The maximum absolute atomic E-state index is 5.51. The van der Waals surface area contributed by atoms with Crippen molar-refractivity contribution in [1.82, 2.24) is 19.2 Å². The van der Waals surface area contributed by atoms with Gasteiger partial charge in [-0.1, -0.05) is 18.2 Å². The zero-order valence-electron chi connectivity index (χ0n) is 10.6. The van der Waals surface area contributed by atoms with Gasteiger partial charge in [0, 0.05) is 30.3 Å². The predicted molar refractivity (Wildman–Crippen MR) is 81.3 cm³/mol. The van der Waals surface area contributed by atoms with Crippen molar-refractivity contribution in [3.05, 3.63) is 41.4 Å². The summed E-state index contributed by atoms with van der Waals surface area (Å²) in [7, 11) is 0. The van der Waals surface area contributed by atoms with Crippen molar-refractivity contribution in [2.45, 2.75) is 6.67 Å². The number of thioether (sulfide) groups is 1. The summed E-state index contributed by atoms with van der Waals surface area (Å²) in [5, 5.41) is 4.41. The van der Waals surface area contributed by atoms with Crippen LogP contribution in [0.25, 0.3) is 5.69 Å². The van der Waals surface area contributed by atoms with Gasteiger partial charge in [0.2, 0.25) is 4.77 Å². The summed E-state index contributed by atoms with van der Waals surface area (Å²) in [6.45, 7) is 3.02. The SMILES string of the molecule is S=c1n(-c2ccccc2)cnn1CN1CCSCC1. The first kappa shape index (κ1) is 12.9. The molecule has 100 valence electrons. The van der Waals surface area contributed by atoms with E-state index in [1.807, 2.05) is 51.3 Å². The van der Waals surface area contributed by atoms with E-state index in [1.54, 1.807) is 6.33 Å². The van der Waals surface area contributed by atoms with E-state index in [1.165, 1.54) is 11.5 Å². The van der Waals surface area contributed by atoms with Crippen LogP contribution in [0.1, 0.15) is 0 Å². The van der Waals surface area contributed by atoms with Crippen molar-refractivity contribution in [3.8, 4) is 5.69 Å². The molecular formula is C13H16N4S2. The van der Waals surface area contributed by atoms with Crippen molar-refractivity contribution in [2.75, 3.05) is 24.6 Å². The highest BCUT2D eigenvalue weighted by molar-refractivity contribution is 7.99. The molecule has 0 bridgehead atoms. The second-order valence-electron chi connectivity index (χ2n) is 4.49. The average Bonchev–Trinajstić information content (AvgIpc) is 2.82. The molecule has 0 unspecified atom stereocenters.